The second kappa shape index (κ2) is 8.47. The van der Waals surface area contributed by atoms with Crippen molar-refractivity contribution in [3.8, 4) is 5.88 Å². The summed E-state index contributed by atoms with van der Waals surface area (Å²) in [6.07, 6.45) is 1.31. The van der Waals surface area contributed by atoms with Crippen LogP contribution >= 0.6 is 27.3 Å². The van der Waals surface area contributed by atoms with E-state index in [0.717, 1.165) is 23.0 Å². The summed E-state index contributed by atoms with van der Waals surface area (Å²) in [6.45, 7) is 7.76. The molecule has 0 spiro atoms. The smallest absolute Gasteiger partial charge is 0.413 e. The molecule has 1 heterocycles. The lowest BCUT2D eigenvalue weighted by Crippen LogP contribution is -2.36. The Morgan fingerprint density at radius 1 is 1.41 bits per heavy atom. The molecule has 0 radical (unpaired) electrons. The van der Waals surface area contributed by atoms with Crippen LogP contribution in [-0.2, 0) is 4.74 Å². The number of nitrogens with zero attached hydrogens (tertiary/aromatic N) is 1. The lowest BCUT2D eigenvalue weighted by atomic mass is 10.2. The number of halogens is 1. The number of aromatic nitrogens is 1. The molecule has 22 heavy (non-hydrogen) atoms. The topological polar surface area (TPSA) is 84.3 Å². The van der Waals surface area contributed by atoms with E-state index in [1.54, 1.807) is 20.8 Å². The van der Waals surface area contributed by atoms with Crippen molar-refractivity contribution >= 4 is 39.2 Å². The molecule has 0 aliphatic rings. The average Bonchev–Trinajstić information content (AvgIpc) is 2.74. The van der Waals surface area contributed by atoms with Gasteiger partial charge in [-0.25, -0.2) is 4.79 Å². The fourth-order valence-electron chi connectivity index (χ4n) is 1.45. The maximum absolute atomic E-state index is 11.6. The maximum atomic E-state index is 11.6. The van der Waals surface area contributed by atoms with Gasteiger partial charge < -0.3 is 9.47 Å². The van der Waals surface area contributed by atoms with Gasteiger partial charge in [0.15, 0.2) is 10.8 Å². The highest BCUT2D eigenvalue weighted by atomic mass is 79.9. The van der Waals surface area contributed by atoms with E-state index in [2.05, 4.69) is 26.2 Å². The molecule has 0 fully saturated rings. The summed E-state index contributed by atoms with van der Waals surface area (Å²) in [5, 5.41) is 11.6. The highest BCUT2D eigenvalue weighted by Crippen LogP contribution is 2.24. The van der Waals surface area contributed by atoms with Crippen LogP contribution in [0, 0.1) is 12.3 Å². The molecule has 1 rings (SSSR count). The van der Waals surface area contributed by atoms with Gasteiger partial charge in [0.1, 0.15) is 5.60 Å². The van der Waals surface area contributed by atoms with Crippen LogP contribution in [0.15, 0.2) is 0 Å². The number of ether oxygens (including phenoxy) is 2. The highest BCUT2D eigenvalue weighted by Gasteiger charge is 2.19. The summed E-state index contributed by atoms with van der Waals surface area (Å²) >= 11 is 4.67. The molecule has 0 aliphatic carbocycles. The maximum Gasteiger partial charge on any atom is 0.413 e. The van der Waals surface area contributed by atoms with E-state index in [1.807, 2.05) is 6.92 Å². The monoisotopic (exact) mass is 391 g/mol. The Balaban J connectivity index is 2.58. The van der Waals surface area contributed by atoms with Gasteiger partial charge in [-0.1, -0.05) is 15.9 Å². The van der Waals surface area contributed by atoms with Crippen molar-refractivity contribution < 1.29 is 14.3 Å². The van der Waals surface area contributed by atoms with E-state index in [9.17, 15) is 4.79 Å². The van der Waals surface area contributed by atoms with Crippen molar-refractivity contribution in [2.24, 2.45) is 0 Å². The van der Waals surface area contributed by atoms with Crippen molar-refractivity contribution in [3.63, 3.8) is 0 Å². The van der Waals surface area contributed by atoms with Crippen molar-refractivity contribution in [1.29, 1.82) is 5.41 Å². The van der Waals surface area contributed by atoms with Gasteiger partial charge >= 0.3 is 6.09 Å². The van der Waals surface area contributed by atoms with Crippen LogP contribution in [0.5, 0.6) is 5.88 Å². The van der Waals surface area contributed by atoms with Gasteiger partial charge in [-0.2, -0.15) is 4.98 Å². The van der Waals surface area contributed by atoms with Gasteiger partial charge in [-0.05, 0) is 40.5 Å². The van der Waals surface area contributed by atoms with Crippen LogP contribution < -0.4 is 10.1 Å². The minimum absolute atomic E-state index is 0.0855. The summed E-state index contributed by atoms with van der Waals surface area (Å²) in [7, 11) is 0. The number of alkyl halides is 1. The number of thiazole rings is 1. The summed E-state index contributed by atoms with van der Waals surface area (Å²) in [4.78, 5) is 16.8. The molecule has 1 aromatic heterocycles. The zero-order valence-electron chi connectivity index (χ0n) is 13.3. The number of aryl methyl sites for hydroxylation is 1. The van der Waals surface area contributed by atoms with Crippen molar-refractivity contribution in [2.45, 2.75) is 46.1 Å². The third-order valence-corrected chi connectivity index (χ3v) is 3.89. The number of amidine groups is 1. The molecule has 6 nitrogen and oxygen atoms in total. The predicted molar refractivity (Wildman–Crippen MR) is 91.6 cm³/mol. The number of unbranched alkanes of at least 4 members (excludes halogenated alkanes) is 1. The molecule has 0 unspecified atom stereocenters. The molecule has 0 atom stereocenters. The molecule has 0 aromatic carbocycles. The standard InChI is InChI=1S/C14H22BrN3O3S/c1-9-11(20-8-6-5-7-15)18-12(22-9)10(16)17-13(19)21-14(2,3)4/h5-8H2,1-4H3,(H2,16,17,19). The lowest BCUT2D eigenvalue weighted by Gasteiger charge is -2.19. The SMILES string of the molecule is Cc1sc(C(=N)NC(=O)OC(C)(C)C)nc1OCCCCBr. The van der Waals surface area contributed by atoms with Crippen molar-refractivity contribution in [2.75, 3.05) is 11.9 Å². The molecular weight excluding hydrogens is 370 g/mol. The minimum Gasteiger partial charge on any atom is -0.477 e. The quantitative estimate of drug-likeness (QED) is 0.333. The van der Waals surface area contributed by atoms with Crippen LogP contribution in [0.1, 0.15) is 43.5 Å². The summed E-state index contributed by atoms with van der Waals surface area (Å²) in [5.41, 5.74) is -0.604. The highest BCUT2D eigenvalue weighted by molar-refractivity contribution is 9.09. The minimum atomic E-state index is -0.662. The van der Waals surface area contributed by atoms with Crippen molar-refractivity contribution in [1.82, 2.24) is 10.3 Å². The van der Waals surface area contributed by atoms with Crippen LogP contribution in [0.4, 0.5) is 4.79 Å². The zero-order chi connectivity index (χ0) is 16.8. The number of carbonyl (C=O) groups excluding carboxylic acids is 1. The molecular formula is C14H22BrN3O3S. The molecule has 8 heteroatoms. The largest absolute Gasteiger partial charge is 0.477 e. The molecule has 2 N–H and O–H groups in total. The third kappa shape index (κ3) is 6.74. The fraction of sp³-hybridized carbons (Fsp3) is 0.643. The first-order valence-corrected chi connectivity index (χ1v) is 8.92. The second-order valence-corrected chi connectivity index (χ2v) is 7.62. The number of carbonyl (C=O) groups is 1. The molecule has 1 aromatic rings. The molecule has 0 aliphatic heterocycles. The Labute approximate surface area is 143 Å². The van der Waals surface area contributed by atoms with Gasteiger partial charge in [0.25, 0.3) is 0 Å². The lowest BCUT2D eigenvalue weighted by molar-refractivity contribution is 0.0563. The second-order valence-electron chi connectivity index (χ2n) is 5.63. The molecule has 0 saturated heterocycles. The normalized spacial score (nSPS) is 11.1. The number of amides is 1. The van der Waals surface area contributed by atoms with Crippen LogP contribution in [0.3, 0.4) is 0 Å². The summed E-state index contributed by atoms with van der Waals surface area (Å²) in [5.74, 6) is 0.433. The number of hydrogen-bond acceptors (Lipinski definition) is 6. The Hall–Kier alpha value is -1.15. The Kier molecular flexibility index (Phi) is 7.28. The predicted octanol–water partition coefficient (Wildman–Crippen LogP) is 3.86. The third-order valence-electron chi connectivity index (χ3n) is 2.36. The number of rotatable bonds is 6. The Bertz CT molecular complexity index is 526. The van der Waals surface area contributed by atoms with Crippen LogP contribution in [0.25, 0.3) is 0 Å². The van der Waals surface area contributed by atoms with E-state index >= 15 is 0 Å². The zero-order valence-corrected chi connectivity index (χ0v) is 15.7. The fourth-order valence-corrected chi connectivity index (χ4v) is 2.61. The number of alkyl carbamates (subject to hydrolysis) is 1. The number of hydrogen-bond donors (Lipinski definition) is 2. The first kappa shape index (κ1) is 18.9. The van der Waals surface area contributed by atoms with E-state index in [0.29, 0.717) is 17.5 Å². The average molecular weight is 392 g/mol. The Morgan fingerprint density at radius 3 is 2.68 bits per heavy atom. The first-order valence-electron chi connectivity index (χ1n) is 6.98. The number of nitrogens with one attached hydrogen (secondary N) is 2. The van der Waals surface area contributed by atoms with E-state index in [-0.39, 0.29) is 5.84 Å². The van der Waals surface area contributed by atoms with Crippen molar-refractivity contribution in [3.05, 3.63) is 9.88 Å². The molecule has 0 bridgehead atoms. The van der Waals surface area contributed by atoms with Crippen LogP contribution in [-0.4, -0.2) is 34.5 Å². The summed E-state index contributed by atoms with van der Waals surface area (Å²) < 4.78 is 10.7. The van der Waals surface area contributed by atoms with E-state index < -0.39 is 11.7 Å². The molecule has 0 saturated carbocycles. The molecule has 1 amide bonds. The first-order chi connectivity index (χ1) is 10.2. The molecule has 124 valence electrons. The van der Waals surface area contributed by atoms with E-state index in [1.165, 1.54) is 11.3 Å². The van der Waals surface area contributed by atoms with Gasteiger partial charge in [0.05, 0.1) is 11.5 Å². The van der Waals surface area contributed by atoms with Crippen LogP contribution in [0.2, 0.25) is 0 Å². The van der Waals surface area contributed by atoms with Gasteiger partial charge in [-0.3, -0.25) is 10.7 Å². The van der Waals surface area contributed by atoms with Gasteiger partial charge in [0.2, 0.25) is 5.88 Å². The summed E-state index contributed by atoms with van der Waals surface area (Å²) in [6, 6.07) is 0. The van der Waals surface area contributed by atoms with E-state index in [4.69, 9.17) is 14.9 Å². The Morgan fingerprint density at radius 2 is 2.09 bits per heavy atom. The van der Waals surface area contributed by atoms with Gasteiger partial charge in [0, 0.05) is 5.33 Å². The van der Waals surface area contributed by atoms with Gasteiger partial charge in [-0.15, -0.1) is 11.3 Å².